The topological polar surface area (TPSA) is 54.5 Å². The first kappa shape index (κ1) is 15.7. The highest BCUT2D eigenvalue weighted by molar-refractivity contribution is 7.08. The third kappa shape index (κ3) is 3.09. The van der Waals surface area contributed by atoms with Crippen LogP contribution in [0.25, 0.3) is 0 Å². The van der Waals surface area contributed by atoms with Gasteiger partial charge in [0.05, 0.1) is 13.2 Å². The van der Waals surface area contributed by atoms with Gasteiger partial charge in [0.25, 0.3) is 5.91 Å². The van der Waals surface area contributed by atoms with E-state index in [0.717, 1.165) is 38.4 Å². The summed E-state index contributed by atoms with van der Waals surface area (Å²) in [5.41, 5.74) is 2.02. The molecule has 2 atom stereocenters. The lowest BCUT2D eigenvalue weighted by molar-refractivity contribution is 0.0904. The molecule has 0 unspecified atom stereocenters. The molecule has 2 aromatic heterocycles. The van der Waals surface area contributed by atoms with Crippen molar-refractivity contribution >= 4 is 17.2 Å². The van der Waals surface area contributed by atoms with Crippen LogP contribution in [-0.4, -0.2) is 48.6 Å². The number of nitrogens with zero attached hydrogens (tertiary/aromatic N) is 2. The van der Waals surface area contributed by atoms with E-state index in [1.807, 2.05) is 29.1 Å². The lowest BCUT2D eigenvalue weighted by Crippen LogP contribution is -2.43. The molecule has 0 radical (unpaired) electrons. The van der Waals surface area contributed by atoms with Crippen LogP contribution >= 0.6 is 11.3 Å². The van der Waals surface area contributed by atoms with Gasteiger partial charge < -0.3 is 10.1 Å². The van der Waals surface area contributed by atoms with Gasteiger partial charge in [0.15, 0.2) is 0 Å². The predicted molar refractivity (Wildman–Crippen MR) is 92.9 cm³/mol. The number of rotatable bonds is 5. The summed E-state index contributed by atoms with van der Waals surface area (Å²) in [5.74, 6) is 0.499. The first-order chi connectivity index (χ1) is 11.8. The van der Waals surface area contributed by atoms with E-state index in [2.05, 4.69) is 21.3 Å². The quantitative estimate of drug-likeness (QED) is 0.902. The van der Waals surface area contributed by atoms with E-state index in [1.54, 1.807) is 17.5 Å². The van der Waals surface area contributed by atoms with E-state index in [4.69, 9.17) is 4.74 Å². The zero-order chi connectivity index (χ0) is 16.4. The summed E-state index contributed by atoms with van der Waals surface area (Å²) in [7, 11) is 0. The van der Waals surface area contributed by atoms with Crippen molar-refractivity contribution in [1.82, 2.24) is 15.2 Å². The Morgan fingerprint density at radius 3 is 3.25 bits per heavy atom. The molecule has 0 aliphatic carbocycles. The van der Waals surface area contributed by atoms with Crippen LogP contribution in [0.2, 0.25) is 0 Å². The molecule has 2 saturated heterocycles. The van der Waals surface area contributed by atoms with Gasteiger partial charge in [0, 0.05) is 60.8 Å². The smallest absolute Gasteiger partial charge is 0.252 e. The van der Waals surface area contributed by atoms with Gasteiger partial charge >= 0.3 is 0 Å². The summed E-state index contributed by atoms with van der Waals surface area (Å²) in [6.07, 6.45) is 3.73. The van der Waals surface area contributed by atoms with Gasteiger partial charge in [-0.25, -0.2) is 0 Å². The van der Waals surface area contributed by atoms with Crippen molar-refractivity contribution < 1.29 is 9.53 Å². The molecule has 24 heavy (non-hydrogen) atoms. The number of amides is 1. The number of fused-ring (bicyclic) bond motifs is 1. The second kappa shape index (κ2) is 6.63. The summed E-state index contributed by atoms with van der Waals surface area (Å²) in [4.78, 5) is 18.9. The normalized spacial score (nSPS) is 26.4. The molecule has 0 bridgehead atoms. The summed E-state index contributed by atoms with van der Waals surface area (Å²) >= 11 is 1.55. The zero-order valence-corrected chi connectivity index (χ0v) is 14.3. The standard InChI is InChI=1S/C18H21N3O2S/c22-17(15-3-5-24-10-15)20-11-18-12-21(8-16(18)9-23-13-18)7-14-2-1-4-19-6-14/h1-6,10,16H,7-9,11-13H2,(H,20,22)/t16-,18+/m0/s1. The van der Waals surface area contributed by atoms with E-state index in [-0.39, 0.29) is 11.3 Å². The van der Waals surface area contributed by atoms with Crippen LogP contribution in [0.15, 0.2) is 41.4 Å². The van der Waals surface area contributed by atoms with Gasteiger partial charge in [-0.15, -0.1) is 0 Å². The SMILES string of the molecule is O=C(NC[C@@]12COC[C@@H]1CN(Cc1cccnc1)C2)c1ccsc1. The zero-order valence-electron chi connectivity index (χ0n) is 13.5. The number of pyridine rings is 1. The minimum absolute atomic E-state index is 0.0157. The molecule has 2 aliphatic rings. The van der Waals surface area contributed by atoms with Crippen LogP contribution in [0, 0.1) is 11.3 Å². The summed E-state index contributed by atoms with van der Waals surface area (Å²) < 4.78 is 5.75. The maximum absolute atomic E-state index is 12.3. The molecule has 5 nitrogen and oxygen atoms in total. The first-order valence-electron chi connectivity index (χ1n) is 8.25. The molecule has 2 fully saturated rings. The van der Waals surface area contributed by atoms with Gasteiger partial charge in [-0.05, 0) is 23.1 Å². The van der Waals surface area contributed by atoms with Gasteiger partial charge in [-0.3, -0.25) is 14.7 Å². The lowest BCUT2D eigenvalue weighted by Gasteiger charge is -2.27. The van der Waals surface area contributed by atoms with E-state index in [0.29, 0.717) is 12.5 Å². The van der Waals surface area contributed by atoms with Crippen molar-refractivity contribution in [2.45, 2.75) is 6.54 Å². The third-order valence-electron chi connectivity index (χ3n) is 5.11. The van der Waals surface area contributed by atoms with Crippen LogP contribution < -0.4 is 5.32 Å². The largest absolute Gasteiger partial charge is 0.380 e. The molecule has 6 heteroatoms. The molecular weight excluding hydrogens is 322 g/mol. The minimum atomic E-state index is 0.0157. The third-order valence-corrected chi connectivity index (χ3v) is 5.79. The molecule has 4 rings (SSSR count). The number of carbonyl (C=O) groups is 1. The van der Waals surface area contributed by atoms with E-state index >= 15 is 0 Å². The maximum atomic E-state index is 12.3. The number of likely N-dealkylation sites (tertiary alicyclic amines) is 1. The van der Waals surface area contributed by atoms with Crippen molar-refractivity contribution in [2.75, 3.05) is 32.8 Å². The van der Waals surface area contributed by atoms with Crippen LogP contribution in [-0.2, 0) is 11.3 Å². The van der Waals surface area contributed by atoms with Crippen molar-refractivity contribution in [3.8, 4) is 0 Å². The Morgan fingerprint density at radius 2 is 2.46 bits per heavy atom. The molecule has 0 aromatic carbocycles. The lowest BCUT2D eigenvalue weighted by atomic mass is 9.81. The van der Waals surface area contributed by atoms with Gasteiger partial charge in [0.2, 0.25) is 0 Å². The number of aromatic nitrogens is 1. The predicted octanol–water partition coefficient (Wildman–Crippen LogP) is 2.02. The Labute approximate surface area is 145 Å². The summed E-state index contributed by atoms with van der Waals surface area (Å²) in [6.45, 7) is 5.07. The highest BCUT2D eigenvalue weighted by Gasteiger charge is 2.50. The molecule has 126 valence electrons. The van der Waals surface area contributed by atoms with Crippen molar-refractivity contribution in [3.05, 3.63) is 52.5 Å². The Balaban J connectivity index is 1.40. The number of carbonyl (C=O) groups excluding carboxylic acids is 1. The van der Waals surface area contributed by atoms with Crippen molar-refractivity contribution in [1.29, 1.82) is 0 Å². The van der Waals surface area contributed by atoms with E-state index in [9.17, 15) is 4.79 Å². The molecule has 2 aromatic rings. The maximum Gasteiger partial charge on any atom is 0.252 e. The van der Waals surface area contributed by atoms with Crippen LogP contribution in [0.5, 0.6) is 0 Å². The second-order valence-electron chi connectivity index (χ2n) is 6.80. The Hall–Kier alpha value is -1.76. The molecule has 2 aliphatic heterocycles. The fourth-order valence-corrected chi connectivity index (χ4v) is 4.45. The Kier molecular flexibility index (Phi) is 4.35. The highest BCUT2D eigenvalue weighted by atomic mass is 32.1. The summed E-state index contributed by atoms with van der Waals surface area (Å²) in [6, 6.07) is 5.96. The number of hydrogen-bond donors (Lipinski definition) is 1. The van der Waals surface area contributed by atoms with Crippen LogP contribution in [0.4, 0.5) is 0 Å². The van der Waals surface area contributed by atoms with Crippen LogP contribution in [0.3, 0.4) is 0 Å². The molecule has 1 N–H and O–H groups in total. The van der Waals surface area contributed by atoms with E-state index < -0.39 is 0 Å². The minimum Gasteiger partial charge on any atom is -0.380 e. The van der Waals surface area contributed by atoms with Gasteiger partial charge in [-0.1, -0.05) is 6.07 Å². The number of thiophene rings is 1. The first-order valence-corrected chi connectivity index (χ1v) is 9.19. The highest BCUT2D eigenvalue weighted by Crippen LogP contribution is 2.41. The fraction of sp³-hybridized carbons (Fsp3) is 0.444. The molecule has 4 heterocycles. The van der Waals surface area contributed by atoms with Gasteiger partial charge in [0.1, 0.15) is 0 Å². The van der Waals surface area contributed by atoms with Crippen molar-refractivity contribution in [3.63, 3.8) is 0 Å². The Morgan fingerprint density at radius 1 is 1.50 bits per heavy atom. The average Bonchev–Trinajstić information content (AvgIpc) is 3.29. The van der Waals surface area contributed by atoms with Gasteiger partial charge in [-0.2, -0.15) is 11.3 Å². The molecule has 0 saturated carbocycles. The Bertz CT molecular complexity index is 692. The molecular formula is C18H21N3O2S. The second-order valence-corrected chi connectivity index (χ2v) is 7.58. The molecule has 1 amide bonds. The van der Waals surface area contributed by atoms with Crippen molar-refractivity contribution in [2.24, 2.45) is 11.3 Å². The number of ether oxygens (including phenoxy) is 1. The number of nitrogens with one attached hydrogen (secondary N) is 1. The summed E-state index contributed by atoms with van der Waals surface area (Å²) in [5, 5.41) is 6.94. The average molecular weight is 343 g/mol. The fourth-order valence-electron chi connectivity index (χ4n) is 3.82. The van der Waals surface area contributed by atoms with E-state index in [1.165, 1.54) is 5.56 Å². The molecule has 0 spiro atoms. The number of hydrogen-bond acceptors (Lipinski definition) is 5. The van der Waals surface area contributed by atoms with Crippen LogP contribution in [0.1, 0.15) is 15.9 Å². The monoisotopic (exact) mass is 343 g/mol.